The number of hydrogen-bond acceptors (Lipinski definition) is 2. The van der Waals surface area contributed by atoms with Crippen molar-refractivity contribution in [1.29, 1.82) is 0 Å². The molecule has 0 saturated heterocycles. The van der Waals surface area contributed by atoms with Crippen LogP contribution in [-0.4, -0.2) is 37.1 Å². The number of carbonyl (C=O) groups is 1. The molecule has 0 spiro atoms. The Morgan fingerprint density at radius 3 is 2.37 bits per heavy atom. The number of urea groups is 1. The molecule has 0 aromatic heterocycles. The Labute approximate surface area is 185 Å². The zero-order valence-electron chi connectivity index (χ0n) is 19.8. The summed E-state index contributed by atoms with van der Waals surface area (Å²) in [7, 11) is 0. The number of anilines is 1. The van der Waals surface area contributed by atoms with Crippen LogP contribution in [-0.2, 0) is 6.42 Å². The van der Waals surface area contributed by atoms with Crippen molar-refractivity contribution in [2.24, 2.45) is 0 Å². The molecule has 1 aliphatic carbocycles. The highest BCUT2D eigenvalue weighted by atomic mass is 16.2. The number of carbonyl (C=O) groups excluding carboxylic acids is 1. The third-order valence-corrected chi connectivity index (χ3v) is 6.23. The second-order valence-electron chi connectivity index (χ2n) is 8.95. The van der Waals surface area contributed by atoms with Crippen LogP contribution in [0.4, 0.5) is 10.5 Å². The molecule has 1 atom stereocenters. The normalized spacial score (nSPS) is 15.4. The van der Waals surface area contributed by atoms with Crippen LogP contribution in [0.3, 0.4) is 0 Å². The molecule has 1 unspecified atom stereocenters. The Hall–Kier alpha value is -1.55. The molecule has 4 heteroatoms. The summed E-state index contributed by atoms with van der Waals surface area (Å²) in [5.41, 5.74) is 3.83. The molecule has 0 radical (unpaired) electrons. The van der Waals surface area contributed by atoms with Crippen molar-refractivity contribution in [3.8, 4) is 0 Å². The summed E-state index contributed by atoms with van der Waals surface area (Å²) in [4.78, 5) is 14.9. The third-order valence-electron chi connectivity index (χ3n) is 6.23. The molecule has 0 heterocycles. The van der Waals surface area contributed by atoms with Crippen molar-refractivity contribution in [3.63, 3.8) is 0 Å². The predicted octanol–water partition coefficient (Wildman–Crippen LogP) is 6.71. The highest BCUT2D eigenvalue weighted by Crippen LogP contribution is 2.35. The van der Waals surface area contributed by atoms with E-state index in [1.165, 1.54) is 82.0 Å². The van der Waals surface area contributed by atoms with E-state index in [1.807, 2.05) is 0 Å². The zero-order chi connectivity index (χ0) is 21.6. The van der Waals surface area contributed by atoms with E-state index in [0.29, 0.717) is 5.92 Å². The molecule has 2 N–H and O–H groups in total. The summed E-state index contributed by atoms with van der Waals surface area (Å²) in [5, 5.41) is 6.07. The Bertz CT molecular complexity index is 610. The molecule has 0 saturated carbocycles. The summed E-state index contributed by atoms with van der Waals surface area (Å²) >= 11 is 0. The Morgan fingerprint density at radius 1 is 0.967 bits per heavy atom. The van der Waals surface area contributed by atoms with E-state index in [2.05, 4.69) is 54.5 Å². The van der Waals surface area contributed by atoms with E-state index in [1.54, 1.807) is 0 Å². The average molecular weight is 416 g/mol. The monoisotopic (exact) mass is 415 g/mol. The van der Waals surface area contributed by atoms with Gasteiger partial charge in [-0.1, -0.05) is 65.4 Å². The lowest BCUT2D eigenvalue weighted by Gasteiger charge is -2.25. The van der Waals surface area contributed by atoms with Crippen LogP contribution >= 0.6 is 0 Å². The summed E-state index contributed by atoms with van der Waals surface area (Å²) < 4.78 is 0. The Balaban J connectivity index is 1.76. The second-order valence-corrected chi connectivity index (χ2v) is 8.95. The maximum absolute atomic E-state index is 12.3. The number of aryl methyl sites for hydroxylation is 1. The minimum absolute atomic E-state index is 0.0749. The summed E-state index contributed by atoms with van der Waals surface area (Å²) in [6.45, 7) is 11.0. The lowest BCUT2D eigenvalue weighted by molar-refractivity contribution is 0.252. The van der Waals surface area contributed by atoms with Crippen LogP contribution in [0.2, 0.25) is 0 Å². The molecule has 30 heavy (non-hydrogen) atoms. The lowest BCUT2D eigenvalue weighted by atomic mass is 9.99. The minimum atomic E-state index is -0.0749. The first kappa shape index (κ1) is 24.7. The number of nitrogens with zero attached hydrogens (tertiary/aromatic N) is 1. The van der Waals surface area contributed by atoms with E-state index in [4.69, 9.17) is 0 Å². The van der Waals surface area contributed by atoms with E-state index in [-0.39, 0.29) is 6.03 Å². The van der Waals surface area contributed by atoms with Gasteiger partial charge >= 0.3 is 6.03 Å². The van der Waals surface area contributed by atoms with Crippen molar-refractivity contribution >= 4 is 11.7 Å². The van der Waals surface area contributed by atoms with Gasteiger partial charge in [0.15, 0.2) is 0 Å². The number of rotatable bonds is 15. The van der Waals surface area contributed by atoms with Crippen molar-refractivity contribution in [2.45, 2.75) is 97.3 Å². The molecular weight excluding hydrogens is 370 g/mol. The molecule has 0 fully saturated rings. The van der Waals surface area contributed by atoms with Gasteiger partial charge in [-0.3, -0.25) is 0 Å². The smallest absolute Gasteiger partial charge is 0.319 e. The molecule has 1 aromatic rings. The number of fused-ring (bicyclic) bond motifs is 1. The molecule has 1 aliphatic rings. The van der Waals surface area contributed by atoms with Gasteiger partial charge in [0.1, 0.15) is 0 Å². The van der Waals surface area contributed by atoms with E-state index in [0.717, 1.165) is 31.6 Å². The van der Waals surface area contributed by atoms with Crippen LogP contribution < -0.4 is 10.6 Å². The molecule has 0 aliphatic heterocycles. The zero-order valence-corrected chi connectivity index (χ0v) is 19.8. The first-order valence-electron chi connectivity index (χ1n) is 12.6. The van der Waals surface area contributed by atoms with Crippen LogP contribution in [0.25, 0.3) is 0 Å². The molecule has 1 aromatic carbocycles. The van der Waals surface area contributed by atoms with Gasteiger partial charge in [-0.15, -0.1) is 0 Å². The molecule has 4 nitrogen and oxygen atoms in total. The standard InChI is InChI=1S/C26H45N3O/c1-4-7-8-9-10-11-12-17-27-26(30)28-24-16-15-22-13-14-23(25(22)20-24)21-29(18-5-2)19-6-3/h15-16,20,23H,4-14,17-19,21H2,1-3H3,(H2,27,28,30). The second kappa shape index (κ2) is 14.5. The largest absolute Gasteiger partial charge is 0.338 e. The van der Waals surface area contributed by atoms with Crippen LogP contribution in [0.15, 0.2) is 18.2 Å². The van der Waals surface area contributed by atoms with Gasteiger partial charge in [-0.2, -0.15) is 0 Å². The predicted molar refractivity (Wildman–Crippen MR) is 130 cm³/mol. The number of amides is 2. The fraction of sp³-hybridized carbons (Fsp3) is 0.731. The Kier molecular flexibility index (Phi) is 11.9. The van der Waals surface area contributed by atoms with Crippen molar-refractivity contribution in [1.82, 2.24) is 10.2 Å². The maximum Gasteiger partial charge on any atom is 0.319 e. The molecular formula is C26H45N3O. The molecule has 2 amide bonds. The van der Waals surface area contributed by atoms with Crippen LogP contribution in [0, 0.1) is 0 Å². The Morgan fingerprint density at radius 2 is 1.67 bits per heavy atom. The topological polar surface area (TPSA) is 44.4 Å². The minimum Gasteiger partial charge on any atom is -0.338 e. The van der Waals surface area contributed by atoms with Crippen molar-refractivity contribution < 1.29 is 4.79 Å². The van der Waals surface area contributed by atoms with Gasteiger partial charge in [-0.05, 0) is 74.4 Å². The van der Waals surface area contributed by atoms with Crippen LogP contribution in [0.5, 0.6) is 0 Å². The summed E-state index contributed by atoms with van der Waals surface area (Å²) in [6, 6.07) is 6.42. The highest BCUT2D eigenvalue weighted by Gasteiger charge is 2.24. The maximum atomic E-state index is 12.3. The highest BCUT2D eigenvalue weighted by molar-refractivity contribution is 5.89. The summed E-state index contributed by atoms with van der Waals surface area (Å²) in [5.74, 6) is 0.593. The van der Waals surface area contributed by atoms with Crippen molar-refractivity contribution in [2.75, 3.05) is 31.5 Å². The first-order valence-corrected chi connectivity index (χ1v) is 12.6. The van der Waals surface area contributed by atoms with Gasteiger partial charge in [0.05, 0.1) is 0 Å². The fourth-order valence-corrected chi connectivity index (χ4v) is 4.65. The first-order chi connectivity index (χ1) is 14.7. The molecule has 0 bridgehead atoms. The van der Waals surface area contributed by atoms with E-state index >= 15 is 0 Å². The number of unbranched alkanes of at least 4 members (excludes halogenated alkanes) is 6. The molecule has 170 valence electrons. The van der Waals surface area contributed by atoms with Gasteiger partial charge in [0.25, 0.3) is 0 Å². The van der Waals surface area contributed by atoms with Crippen molar-refractivity contribution in [3.05, 3.63) is 29.3 Å². The number of nitrogens with one attached hydrogen (secondary N) is 2. The number of benzene rings is 1. The fourth-order valence-electron chi connectivity index (χ4n) is 4.65. The lowest BCUT2D eigenvalue weighted by Crippen LogP contribution is -2.30. The third kappa shape index (κ3) is 8.67. The van der Waals surface area contributed by atoms with Gasteiger partial charge in [0.2, 0.25) is 0 Å². The quantitative estimate of drug-likeness (QED) is 0.313. The SMILES string of the molecule is CCCCCCCCCNC(=O)Nc1ccc2c(c1)C(CN(CCC)CCC)CC2. The number of hydrogen-bond donors (Lipinski definition) is 2. The van der Waals surface area contributed by atoms with Gasteiger partial charge in [-0.25, -0.2) is 4.79 Å². The van der Waals surface area contributed by atoms with Gasteiger partial charge < -0.3 is 15.5 Å². The summed E-state index contributed by atoms with van der Waals surface area (Å²) in [6.07, 6.45) is 13.7. The van der Waals surface area contributed by atoms with Crippen LogP contribution in [0.1, 0.15) is 102 Å². The van der Waals surface area contributed by atoms with Gasteiger partial charge in [0, 0.05) is 18.8 Å². The average Bonchev–Trinajstić information content (AvgIpc) is 3.12. The van der Waals surface area contributed by atoms with E-state index < -0.39 is 0 Å². The van der Waals surface area contributed by atoms with E-state index in [9.17, 15) is 4.79 Å². The molecule has 2 rings (SSSR count).